The summed E-state index contributed by atoms with van der Waals surface area (Å²) in [6.07, 6.45) is 0. The van der Waals surface area contributed by atoms with Gasteiger partial charge in [-0.05, 0) is 58.7 Å². The molecule has 43 heavy (non-hydrogen) atoms. The van der Waals surface area contributed by atoms with Crippen molar-refractivity contribution < 1.29 is 0 Å². The SMILES string of the molecule is c1ccc(-c2nc3nc(n2)-c2cccc(c2)-c2ccc4c5ccccc5n(c4c2)-c2cccc(c2)-c2cccc-3c2)cc1. The maximum atomic E-state index is 5.03. The van der Waals surface area contributed by atoms with Crippen molar-refractivity contribution >= 4 is 21.8 Å². The van der Waals surface area contributed by atoms with Gasteiger partial charge in [-0.1, -0.05) is 109 Å². The van der Waals surface area contributed by atoms with Gasteiger partial charge in [0.25, 0.3) is 0 Å². The minimum Gasteiger partial charge on any atom is -0.309 e. The van der Waals surface area contributed by atoms with Crippen LogP contribution in [0.25, 0.3) is 83.9 Å². The highest BCUT2D eigenvalue weighted by molar-refractivity contribution is 6.10. The third kappa shape index (κ3) is 3.88. The highest BCUT2D eigenvalue weighted by atomic mass is 15.0. The molecule has 1 aliphatic heterocycles. The van der Waals surface area contributed by atoms with Crippen LogP contribution in [-0.4, -0.2) is 19.5 Å². The molecule has 0 aliphatic carbocycles. The van der Waals surface area contributed by atoms with Crippen molar-refractivity contribution in [1.29, 1.82) is 0 Å². The van der Waals surface area contributed by atoms with Crippen LogP contribution in [0.2, 0.25) is 0 Å². The second-order valence-corrected chi connectivity index (χ2v) is 11.0. The molecule has 0 amide bonds. The van der Waals surface area contributed by atoms with Gasteiger partial charge >= 0.3 is 0 Å². The van der Waals surface area contributed by atoms with Crippen molar-refractivity contribution in [1.82, 2.24) is 19.5 Å². The van der Waals surface area contributed by atoms with Gasteiger partial charge in [0.05, 0.1) is 11.0 Å². The first-order valence-corrected chi connectivity index (χ1v) is 14.5. The zero-order valence-corrected chi connectivity index (χ0v) is 23.1. The molecule has 10 bridgehead atoms. The van der Waals surface area contributed by atoms with Gasteiger partial charge in [-0.25, -0.2) is 15.0 Å². The van der Waals surface area contributed by atoms with Crippen LogP contribution >= 0.6 is 0 Å². The Balaban J connectivity index is 1.39. The number of para-hydroxylation sites is 1. The molecule has 0 unspecified atom stereocenters. The molecule has 1 aliphatic rings. The molecule has 8 aromatic rings. The maximum absolute atomic E-state index is 5.03. The lowest BCUT2D eigenvalue weighted by Gasteiger charge is -2.13. The normalized spacial score (nSPS) is 11.7. The first kappa shape index (κ1) is 23.8. The summed E-state index contributed by atoms with van der Waals surface area (Å²) in [5.74, 6) is 1.96. The molecule has 0 saturated heterocycles. The summed E-state index contributed by atoms with van der Waals surface area (Å²) in [4.78, 5) is 15.0. The zero-order chi connectivity index (χ0) is 28.3. The Morgan fingerprint density at radius 2 is 0.837 bits per heavy atom. The van der Waals surface area contributed by atoms with Crippen LogP contribution in [0.1, 0.15) is 0 Å². The van der Waals surface area contributed by atoms with E-state index in [-0.39, 0.29) is 0 Å². The minimum atomic E-state index is 0.652. The minimum absolute atomic E-state index is 0.652. The molecule has 9 rings (SSSR count). The maximum Gasteiger partial charge on any atom is 0.164 e. The second kappa shape index (κ2) is 9.33. The molecule has 3 heterocycles. The fourth-order valence-corrected chi connectivity index (χ4v) is 6.28. The molecule has 0 saturated carbocycles. The molecule has 0 radical (unpaired) electrons. The molecule has 0 atom stereocenters. The molecule has 4 heteroatoms. The van der Waals surface area contributed by atoms with Crippen LogP contribution in [0.3, 0.4) is 0 Å². The van der Waals surface area contributed by atoms with Crippen molar-refractivity contribution in [2.24, 2.45) is 0 Å². The lowest BCUT2D eigenvalue weighted by Crippen LogP contribution is -2.00. The van der Waals surface area contributed by atoms with E-state index in [0.717, 1.165) is 44.6 Å². The Morgan fingerprint density at radius 1 is 0.326 bits per heavy atom. The molecule has 0 spiro atoms. The molecule has 2 aromatic heterocycles. The van der Waals surface area contributed by atoms with Gasteiger partial charge in [0.1, 0.15) is 0 Å². The van der Waals surface area contributed by atoms with Gasteiger partial charge in [-0.3, -0.25) is 0 Å². The summed E-state index contributed by atoms with van der Waals surface area (Å²) >= 11 is 0. The summed E-state index contributed by atoms with van der Waals surface area (Å²) < 4.78 is 2.39. The topological polar surface area (TPSA) is 43.6 Å². The van der Waals surface area contributed by atoms with Crippen molar-refractivity contribution in [3.63, 3.8) is 0 Å². The first-order chi connectivity index (χ1) is 21.3. The van der Waals surface area contributed by atoms with Gasteiger partial charge in [-0.2, -0.15) is 0 Å². The fourth-order valence-electron chi connectivity index (χ4n) is 6.28. The zero-order valence-electron chi connectivity index (χ0n) is 23.1. The van der Waals surface area contributed by atoms with Crippen LogP contribution in [-0.2, 0) is 0 Å². The first-order valence-electron chi connectivity index (χ1n) is 14.5. The number of hydrogen-bond donors (Lipinski definition) is 0. The number of rotatable bonds is 1. The van der Waals surface area contributed by atoms with Crippen molar-refractivity contribution in [2.45, 2.75) is 0 Å². The van der Waals surface area contributed by atoms with Gasteiger partial charge in [-0.15, -0.1) is 0 Å². The van der Waals surface area contributed by atoms with Crippen molar-refractivity contribution in [2.75, 3.05) is 0 Å². The molecular weight excluding hydrogens is 524 g/mol. The average Bonchev–Trinajstić information content (AvgIpc) is 3.42. The lowest BCUT2D eigenvalue weighted by atomic mass is 10.00. The third-order valence-corrected chi connectivity index (χ3v) is 8.35. The molecule has 0 N–H and O–H groups in total. The molecule has 4 nitrogen and oxygen atoms in total. The summed E-state index contributed by atoms with van der Waals surface area (Å²) in [6, 6.07) is 51.3. The van der Waals surface area contributed by atoms with E-state index in [4.69, 9.17) is 15.0 Å². The van der Waals surface area contributed by atoms with E-state index in [1.54, 1.807) is 0 Å². The van der Waals surface area contributed by atoms with E-state index < -0.39 is 0 Å². The Kier molecular flexibility index (Phi) is 5.16. The van der Waals surface area contributed by atoms with E-state index in [9.17, 15) is 0 Å². The predicted octanol–water partition coefficient (Wildman–Crippen LogP) is 9.62. The van der Waals surface area contributed by atoms with Crippen LogP contribution in [0.4, 0.5) is 0 Å². The highest BCUT2D eigenvalue weighted by Gasteiger charge is 2.17. The average molecular weight is 549 g/mol. The Morgan fingerprint density at radius 3 is 1.56 bits per heavy atom. The highest BCUT2D eigenvalue weighted by Crippen LogP contribution is 2.37. The van der Waals surface area contributed by atoms with Gasteiger partial charge in [0, 0.05) is 33.2 Å². The van der Waals surface area contributed by atoms with Crippen LogP contribution in [0.15, 0.2) is 146 Å². The fraction of sp³-hybridized carbons (Fsp3) is 0. The quantitative estimate of drug-likeness (QED) is 0.205. The third-order valence-electron chi connectivity index (χ3n) is 8.35. The van der Waals surface area contributed by atoms with Crippen molar-refractivity contribution in [3.8, 4) is 62.1 Å². The molecular formula is C39H24N4. The summed E-state index contributed by atoms with van der Waals surface area (Å²) in [7, 11) is 0. The number of benzene rings is 6. The molecule has 6 aromatic carbocycles. The van der Waals surface area contributed by atoms with Gasteiger partial charge in [0.2, 0.25) is 0 Å². The molecule has 0 fully saturated rings. The summed E-state index contributed by atoms with van der Waals surface area (Å²) in [5.41, 5.74) is 10.9. The monoisotopic (exact) mass is 548 g/mol. The Bertz CT molecular complexity index is 2350. The van der Waals surface area contributed by atoms with E-state index >= 15 is 0 Å². The predicted molar refractivity (Wildman–Crippen MR) is 175 cm³/mol. The van der Waals surface area contributed by atoms with E-state index in [1.165, 1.54) is 21.8 Å². The lowest BCUT2D eigenvalue weighted by molar-refractivity contribution is 1.07. The van der Waals surface area contributed by atoms with Crippen LogP contribution < -0.4 is 0 Å². The number of aromatic nitrogens is 4. The van der Waals surface area contributed by atoms with Crippen LogP contribution in [0.5, 0.6) is 0 Å². The Labute approximate surface area is 248 Å². The van der Waals surface area contributed by atoms with E-state index in [2.05, 4.69) is 120 Å². The number of hydrogen-bond acceptors (Lipinski definition) is 3. The summed E-state index contributed by atoms with van der Waals surface area (Å²) in [5, 5.41) is 2.48. The van der Waals surface area contributed by atoms with Crippen LogP contribution in [0, 0.1) is 0 Å². The number of fused-ring (bicyclic) bond motifs is 17. The van der Waals surface area contributed by atoms with Crippen molar-refractivity contribution in [3.05, 3.63) is 146 Å². The standard InChI is InChI=1S/C39H24N4/c1-2-9-25(10-3-1)37-40-38-30-14-6-11-26(21-30)28-13-8-16-32(23-28)43-35-18-5-4-17-33(35)34-20-19-29(24-36(34)43)27-12-7-15-31(22-27)39(41-37)42-38/h1-24H. The summed E-state index contributed by atoms with van der Waals surface area (Å²) in [6.45, 7) is 0. The smallest absolute Gasteiger partial charge is 0.164 e. The van der Waals surface area contributed by atoms with E-state index in [1.807, 2.05) is 30.3 Å². The number of nitrogens with zero attached hydrogens (tertiary/aromatic N) is 4. The van der Waals surface area contributed by atoms with Gasteiger partial charge in [0.15, 0.2) is 17.5 Å². The second-order valence-electron chi connectivity index (χ2n) is 11.0. The largest absolute Gasteiger partial charge is 0.309 e. The molecule has 200 valence electrons. The van der Waals surface area contributed by atoms with Gasteiger partial charge < -0.3 is 4.57 Å². The Hall–Kier alpha value is -5.87. The van der Waals surface area contributed by atoms with E-state index in [0.29, 0.717) is 17.5 Å².